The summed E-state index contributed by atoms with van der Waals surface area (Å²) in [6, 6.07) is 5.54. The number of benzene rings is 1. The number of rotatable bonds is 4. The minimum absolute atomic E-state index is 0.00527. The number of nitrogens with zero attached hydrogens (tertiary/aromatic N) is 1. The highest BCUT2D eigenvalue weighted by atomic mass is 35.5. The van der Waals surface area contributed by atoms with Crippen LogP contribution < -0.4 is 11.1 Å². The van der Waals surface area contributed by atoms with Gasteiger partial charge in [0.15, 0.2) is 0 Å². The van der Waals surface area contributed by atoms with Crippen LogP contribution in [0.15, 0.2) is 18.2 Å². The topological polar surface area (TPSA) is 58.4 Å². The maximum Gasteiger partial charge on any atom is 0.238 e. The van der Waals surface area contributed by atoms with Gasteiger partial charge in [0.1, 0.15) is 0 Å². The Morgan fingerprint density at radius 3 is 3.00 bits per heavy atom. The van der Waals surface area contributed by atoms with E-state index in [2.05, 4.69) is 17.1 Å². The highest BCUT2D eigenvalue weighted by Crippen LogP contribution is 2.24. The van der Waals surface area contributed by atoms with E-state index in [0.29, 0.717) is 29.9 Å². The summed E-state index contributed by atoms with van der Waals surface area (Å²) in [6.45, 7) is 7.11. The van der Waals surface area contributed by atoms with E-state index >= 15 is 0 Å². The number of hydrogen-bond donors (Lipinski definition) is 2. The molecule has 21 heavy (non-hydrogen) atoms. The smallest absolute Gasteiger partial charge is 0.238 e. The van der Waals surface area contributed by atoms with Crippen molar-refractivity contribution in [2.45, 2.75) is 20.3 Å². The van der Waals surface area contributed by atoms with Crippen LogP contribution in [-0.2, 0) is 4.79 Å². The standard InChI is InChI=1S/C16H24ClN3O/c1-11-6-7-20(9-13(11)8-18)10-16(21)19-15-5-3-4-14(17)12(15)2/h3-5,11,13H,6-10,18H2,1-2H3,(H,19,21). The van der Waals surface area contributed by atoms with E-state index < -0.39 is 0 Å². The molecule has 2 atom stereocenters. The number of hydrogen-bond acceptors (Lipinski definition) is 3. The lowest BCUT2D eigenvalue weighted by atomic mass is 9.87. The quantitative estimate of drug-likeness (QED) is 0.898. The van der Waals surface area contributed by atoms with Crippen LogP contribution in [0.3, 0.4) is 0 Å². The lowest BCUT2D eigenvalue weighted by Crippen LogP contribution is -2.45. The molecule has 1 aromatic rings. The first-order valence-corrected chi connectivity index (χ1v) is 7.86. The van der Waals surface area contributed by atoms with Crippen LogP contribution in [0.25, 0.3) is 0 Å². The number of anilines is 1. The molecular formula is C16H24ClN3O. The number of nitrogens with two attached hydrogens (primary N) is 1. The zero-order valence-electron chi connectivity index (χ0n) is 12.7. The lowest BCUT2D eigenvalue weighted by Gasteiger charge is -2.36. The Balaban J connectivity index is 1.91. The molecule has 0 aliphatic carbocycles. The molecule has 0 bridgehead atoms. The predicted molar refractivity (Wildman–Crippen MR) is 87.6 cm³/mol. The molecule has 0 radical (unpaired) electrons. The number of halogens is 1. The summed E-state index contributed by atoms with van der Waals surface area (Å²) in [5.41, 5.74) is 7.49. The van der Waals surface area contributed by atoms with E-state index in [-0.39, 0.29) is 5.91 Å². The number of carbonyl (C=O) groups excluding carboxylic acids is 1. The van der Waals surface area contributed by atoms with Crippen LogP contribution in [0.4, 0.5) is 5.69 Å². The van der Waals surface area contributed by atoms with Gasteiger partial charge in [-0.15, -0.1) is 0 Å². The predicted octanol–water partition coefficient (Wildman–Crippen LogP) is 2.50. The second-order valence-corrected chi connectivity index (χ2v) is 6.36. The third-order valence-corrected chi connectivity index (χ3v) is 4.82. The Morgan fingerprint density at radius 1 is 1.52 bits per heavy atom. The molecule has 116 valence electrons. The molecule has 1 saturated heterocycles. The molecule has 1 aromatic carbocycles. The monoisotopic (exact) mass is 309 g/mol. The van der Waals surface area contributed by atoms with Crippen LogP contribution in [0.1, 0.15) is 18.9 Å². The van der Waals surface area contributed by atoms with E-state index in [1.807, 2.05) is 25.1 Å². The van der Waals surface area contributed by atoms with Gasteiger partial charge < -0.3 is 11.1 Å². The molecule has 5 heteroatoms. The molecule has 0 spiro atoms. The fourth-order valence-electron chi connectivity index (χ4n) is 2.81. The highest BCUT2D eigenvalue weighted by Gasteiger charge is 2.26. The largest absolute Gasteiger partial charge is 0.330 e. The average molecular weight is 310 g/mol. The fourth-order valence-corrected chi connectivity index (χ4v) is 2.99. The van der Waals surface area contributed by atoms with Crippen molar-refractivity contribution in [1.82, 2.24) is 4.90 Å². The highest BCUT2D eigenvalue weighted by molar-refractivity contribution is 6.31. The Labute approximate surface area is 131 Å². The first kappa shape index (κ1) is 16.3. The number of carbonyl (C=O) groups is 1. The molecule has 4 nitrogen and oxygen atoms in total. The van der Waals surface area contributed by atoms with Crippen LogP contribution in [0.2, 0.25) is 5.02 Å². The Morgan fingerprint density at radius 2 is 2.29 bits per heavy atom. The van der Waals surface area contributed by atoms with Crippen molar-refractivity contribution < 1.29 is 4.79 Å². The van der Waals surface area contributed by atoms with Crippen molar-refractivity contribution in [3.63, 3.8) is 0 Å². The Hall–Kier alpha value is -1.10. The maximum absolute atomic E-state index is 12.2. The summed E-state index contributed by atoms with van der Waals surface area (Å²) in [5, 5.41) is 3.62. The van der Waals surface area contributed by atoms with Crippen LogP contribution >= 0.6 is 11.6 Å². The Bertz CT molecular complexity index is 506. The van der Waals surface area contributed by atoms with Gasteiger partial charge in [-0.25, -0.2) is 0 Å². The summed E-state index contributed by atoms with van der Waals surface area (Å²) in [4.78, 5) is 14.4. The SMILES string of the molecule is Cc1c(Cl)cccc1NC(=O)CN1CCC(C)C(CN)C1. The molecule has 1 aliphatic heterocycles. The number of piperidine rings is 1. The molecule has 0 saturated carbocycles. The fraction of sp³-hybridized carbons (Fsp3) is 0.562. The van der Waals surface area contributed by atoms with Crippen LogP contribution in [-0.4, -0.2) is 37.0 Å². The second-order valence-electron chi connectivity index (χ2n) is 5.96. The average Bonchev–Trinajstić information content (AvgIpc) is 2.46. The molecule has 2 unspecified atom stereocenters. The summed E-state index contributed by atoms with van der Waals surface area (Å²) < 4.78 is 0. The third-order valence-electron chi connectivity index (χ3n) is 4.41. The molecule has 3 N–H and O–H groups in total. The number of nitrogens with one attached hydrogen (secondary N) is 1. The summed E-state index contributed by atoms with van der Waals surface area (Å²) >= 11 is 6.07. The van der Waals surface area contributed by atoms with Crippen molar-refractivity contribution in [2.24, 2.45) is 17.6 Å². The van der Waals surface area contributed by atoms with Crippen molar-refractivity contribution in [2.75, 3.05) is 31.5 Å². The zero-order valence-corrected chi connectivity index (χ0v) is 13.5. The first-order chi connectivity index (χ1) is 10.0. The van der Waals surface area contributed by atoms with Gasteiger partial charge in [0.25, 0.3) is 0 Å². The van der Waals surface area contributed by atoms with Gasteiger partial charge in [0.2, 0.25) is 5.91 Å². The van der Waals surface area contributed by atoms with Gasteiger partial charge in [-0.05, 0) is 56.0 Å². The van der Waals surface area contributed by atoms with Gasteiger partial charge in [0.05, 0.1) is 6.54 Å². The molecular weight excluding hydrogens is 286 g/mol. The van der Waals surface area contributed by atoms with Gasteiger partial charge in [-0.1, -0.05) is 24.6 Å². The number of likely N-dealkylation sites (tertiary alicyclic amines) is 1. The second kappa shape index (κ2) is 7.25. The maximum atomic E-state index is 12.2. The van der Waals surface area contributed by atoms with Gasteiger partial charge in [0, 0.05) is 17.3 Å². The number of amides is 1. The van der Waals surface area contributed by atoms with Crippen LogP contribution in [0.5, 0.6) is 0 Å². The van der Waals surface area contributed by atoms with Crippen molar-refractivity contribution >= 4 is 23.2 Å². The molecule has 1 heterocycles. The van der Waals surface area contributed by atoms with Crippen molar-refractivity contribution in [1.29, 1.82) is 0 Å². The van der Waals surface area contributed by atoms with E-state index in [1.165, 1.54) is 0 Å². The minimum Gasteiger partial charge on any atom is -0.330 e. The van der Waals surface area contributed by atoms with Gasteiger partial charge in [-0.3, -0.25) is 9.69 Å². The van der Waals surface area contributed by atoms with Gasteiger partial charge in [-0.2, -0.15) is 0 Å². The molecule has 0 aromatic heterocycles. The summed E-state index contributed by atoms with van der Waals surface area (Å²) in [7, 11) is 0. The minimum atomic E-state index is 0.00527. The van der Waals surface area contributed by atoms with Gasteiger partial charge >= 0.3 is 0 Å². The summed E-state index contributed by atoms with van der Waals surface area (Å²) in [6.07, 6.45) is 1.10. The Kier molecular flexibility index (Phi) is 5.62. The van der Waals surface area contributed by atoms with E-state index in [9.17, 15) is 4.79 Å². The molecule has 1 amide bonds. The van der Waals surface area contributed by atoms with Crippen LogP contribution in [0, 0.1) is 18.8 Å². The first-order valence-electron chi connectivity index (χ1n) is 7.48. The normalized spacial score (nSPS) is 23.0. The lowest BCUT2D eigenvalue weighted by molar-refractivity contribution is -0.117. The third kappa shape index (κ3) is 4.19. The molecule has 1 fully saturated rings. The van der Waals surface area contributed by atoms with Crippen molar-refractivity contribution in [3.8, 4) is 0 Å². The van der Waals surface area contributed by atoms with E-state index in [4.69, 9.17) is 17.3 Å². The summed E-state index contributed by atoms with van der Waals surface area (Å²) in [5.74, 6) is 1.13. The molecule has 1 aliphatic rings. The van der Waals surface area contributed by atoms with E-state index in [1.54, 1.807) is 0 Å². The molecule has 2 rings (SSSR count). The zero-order chi connectivity index (χ0) is 15.4. The van der Waals surface area contributed by atoms with Crippen molar-refractivity contribution in [3.05, 3.63) is 28.8 Å². The van der Waals surface area contributed by atoms with E-state index in [0.717, 1.165) is 30.8 Å².